The van der Waals surface area contributed by atoms with Crippen LogP contribution in [0.3, 0.4) is 0 Å². The topological polar surface area (TPSA) is 72.6 Å². The number of aromatic carboxylic acids is 1. The molecule has 6 heteroatoms. The molecule has 0 aliphatic heterocycles. The number of rotatable bonds is 4. The Morgan fingerprint density at radius 1 is 1.29 bits per heavy atom. The van der Waals surface area contributed by atoms with Crippen LogP contribution in [-0.2, 0) is 6.61 Å². The highest BCUT2D eigenvalue weighted by Crippen LogP contribution is 2.23. The summed E-state index contributed by atoms with van der Waals surface area (Å²) < 4.78 is 10.8. The minimum absolute atomic E-state index is 0.0764. The van der Waals surface area contributed by atoms with E-state index in [-0.39, 0.29) is 18.2 Å². The minimum Gasteiger partial charge on any atom is -0.478 e. The molecule has 0 amide bonds. The molecule has 0 spiro atoms. The molecule has 1 heterocycles. The van der Waals surface area contributed by atoms with Crippen LogP contribution in [0.5, 0.6) is 6.08 Å². The van der Waals surface area contributed by atoms with Crippen LogP contribution in [-0.4, -0.2) is 16.1 Å². The highest BCUT2D eigenvalue weighted by molar-refractivity contribution is 6.31. The van der Waals surface area contributed by atoms with Crippen molar-refractivity contribution >= 4 is 28.7 Å². The van der Waals surface area contributed by atoms with E-state index in [9.17, 15) is 4.79 Å². The molecule has 1 aromatic heterocycles. The van der Waals surface area contributed by atoms with E-state index < -0.39 is 5.97 Å². The lowest BCUT2D eigenvalue weighted by atomic mass is 10.2. The monoisotopic (exact) mass is 303 g/mol. The Morgan fingerprint density at radius 3 is 2.86 bits per heavy atom. The summed E-state index contributed by atoms with van der Waals surface area (Å²) in [5, 5.41) is 9.52. The predicted octanol–water partition coefficient (Wildman–Crippen LogP) is 3.76. The number of carbonyl (C=O) groups is 1. The molecule has 0 fully saturated rings. The van der Waals surface area contributed by atoms with Gasteiger partial charge in [0.15, 0.2) is 5.58 Å². The number of carboxylic acids is 1. The summed E-state index contributed by atoms with van der Waals surface area (Å²) in [6.45, 7) is 0.221. The SMILES string of the molecule is O=C(O)c1ccc2nc(OCc3ccccc3Cl)oc2c1. The number of carboxylic acid groups (broad SMARTS) is 1. The fourth-order valence-corrected chi connectivity index (χ4v) is 2.04. The number of halogens is 1. The molecule has 5 nitrogen and oxygen atoms in total. The fourth-order valence-electron chi connectivity index (χ4n) is 1.85. The second-order valence-corrected chi connectivity index (χ2v) is 4.75. The molecule has 0 bridgehead atoms. The van der Waals surface area contributed by atoms with Crippen LogP contribution in [0.4, 0.5) is 0 Å². The molecule has 106 valence electrons. The number of hydrogen-bond acceptors (Lipinski definition) is 4. The maximum atomic E-state index is 10.9. The van der Waals surface area contributed by atoms with Gasteiger partial charge < -0.3 is 14.3 Å². The van der Waals surface area contributed by atoms with E-state index in [1.165, 1.54) is 12.1 Å². The number of ether oxygens (including phenoxy) is 1. The van der Waals surface area contributed by atoms with Crippen LogP contribution < -0.4 is 4.74 Å². The molecular formula is C15H10ClNO4. The molecule has 0 saturated heterocycles. The zero-order valence-electron chi connectivity index (χ0n) is 10.7. The smallest absolute Gasteiger partial charge is 0.394 e. The molecule has 0 aliphatic rings. The molecule has 21 heavy (non-hydrogen) atoms. The van der Waals surface area contributed by atoms with Crippen molar-refractivity contribution in [1.82, 2.24) is 4.98 Å². The van der Waals surface area contributed by atoms with Gasteiger partial charge in [0, 0.05) is 10.6 Å². The Morgan fingerprint density at radius 2 is 2.10 bits per heavy atom. The number of nitrogens with zero attached hydrogens (tertiary/aromatic N) is 1. The van der Waals surface area contributed by atoms with Crippen LogP contribution in [0.1, 0.15) is 15.9 Å². The highest BCUT2D eigenvalue weighted by Gasteiger charge is 2.11. The Labute approximate surface area is 124 Å². The zero-order valence-corrected chi connectivity index (χ0v) is 11.5. The molecule has 3 aromatic rings. The number of oxazole rings is 1. The van der Waals surface area contributed by atoms with E-state index in [2.05, 4.69) is 4.98 Å². The van der Waals surface area contributed by atoms with Crippen LogP contribution in [0, 0.1) is 0 Å². The third kappa shape index (κ3) is 2.83. The maximum Gasteiger partial charge on any atom is 0.394 e. The van der Waals surface area contributed by atoms with E-state index in [4.69, 9.17) is 25.9 Å². The lowest BCUT2D eigenvalue weighted by Gasteiger charge is -2.03. The van der Waals surface area contributed by atoms with Crippen LogP contribution in [0.2, 0.25) is 5.02 Å². The van der Waals surface area contributed by atoms with E-state index in [1.807, 2.05) is 18.2 Å². The summed E-state index contributed by atoms with van der Waals surface area (Å²) in [7, 11) is 0. The third-order valence-corrected chi connectivity index (χ3v) is 3.29. The summed E-state index contributed by atoms with van der Waals surface area (Å²) in [5.74, 6) is -1.02. The molecule has 0 unspecified atom stereocenters. The number of hydrogen-bond donors (Lipinski definition) is 1. The van der Waals surface area contributed by atoms with Crippen molar-refractivity contribution in [3.63, 3.8) is 0 Å². The Kier molecular flexibility index (Phi) is 3.50. The third-order valence-electron chi connectivity index (χ3n) is 2.92. The van der Waals surface area contributed by atoms with Gasteiger partial charge in [-0.25, -0.2) is 4.79 Å². The van der Waals surface area contributed by atoms with E-state index in [0.29, 0.717) is 16.1 Å². The van der Waals surface area contributed by atoms with E-state index in [0.717, 1.165) is 5.56 Å². The first-order chi connectivity index (χ1) is 10.1. The fraction of sp³-hybridized carbons (Fsp3) is 0.0667. The molecule has 0 saturated carbocycles. The first-order valence-electron chi connectivity index (χ1n) is 6.13. The normalized spacial score (nSPS) is 10.7. The summed E-state index contributed by atoms with van der Waals surface area (Å²) in [6, 6.07) is 11.7. The maximum absolute atomic E-state index is 10.9. The van der Waals surface area contributed by atoms with Crippen molar-refractivity contribution < 1.29 is 19.1 Å². The molecule has 0 radical (unpaired) electrons. The van der Waals surface area contributed by atoms with Gasteiger partial charge in [0.25, 0.3) is 0 Å². The van der Waals surface area contributed by atoms with Gasteiger partial charge in [-0.15, -0.1) is 0 Å². The van der Waals surface area contributed by atoms with E-state index >= 15 is 0 Å². The highest BCUT2D eigenvalue weighted by atomic mass is 35.5. The summed E-state index contributed by atoms with van der Waals surface area (Å²) in [6.07, 6.45) is 0.0764. The van der Waals surface area contributed by atoms with Gasteiger partial charge in [0.1, 0.15) is 12.1 Å². The first-order valence-corrected chi connectivity index (χ1v) is 6.51. The molecule has 3 rings (SSSR count). The second-order valence-electron chi connectivity index (χ2n) is 4.35. The second kappa shape index (κ2) is 5.46. The van der Waals surface area contributed by atoms with Gasteiger partial charge in [0.05, 0.1) is 5.56 Å². The Hall–Kier alpha value is -2.53. The van der Waals surface area contributed by atoms with Crippen molar-refractivity contribution in [2.75, 3.05) is 0 Å². The number of aromatic nitrogens is 1. The van der Waals surface area contributed by atoms with Crippen LogP contribution in [0.15, 0.2) is 46.9 Å². The van der Waals surface area contributed by atoms with Crippen LogP contribution in [0.25, 0.3) is 11.1 Å². The van der Waals surface area contributed by atoms with Crippen molar-refractivity contribution in [3.8, 4) is 6.08 Å². The lowest BCUT2D eigenvalue weighted by Crippen LogP contribution is -1.95. The average Bonchev–Trinajstić information content (AvgIpc) is 2.88. The Balaban J connectivity index is 1.82. The average molecular weight is 304 g/mol. The van der Waals surface area contributed by atoms with Crippen LogP contribution >= 0.6 is 11.6 Å². The molecule has 0 atom stereocenters. The summed E-state index contributed by atoms with van der Waals surface area (Å²) in [4.78, 5) is 15.0. The molecule has 2 aromatic carbocycles. The van der Waals surface area contributed by atoms with Crippen molar-refractivity contribution in [1.29, 1.82) is 0 Å². The molecular weight excluding hydrogens is 294 g/mol. The van der Waals surface area contributed by atoms with Gasteiger partial charge >= 0.3 is 12.0 Å². The zero-order chi connectivity index (χ0) is 14.8. The number of benzene rings is 2. The van der Waals surface area contributed by atoms with Gasteiger partial charge in [-0.05, 0) is 24.3 Å². The van der Waals surface area contributed by atoms with Gasteiger partial charge in [-0.1, -0.05) is 29.8 Å². The van der Waals surface area contributed by atoms with Gasteiger partial charge in [0.2, 0.25) is 0 Å². The quantitative estimate of drug-likeness (QED) is 0.794. The number of fused-ring (bicyclic) bond motifs is 1. The molecule has 1 N–H and O–H groups in total. The van der Waals surface area contributed by atoms with E-state index in [1.54, 1.807) is 12.1 Å². The minimum atomic E-state index is -1.02. The summed E-state index contributed by atoms with van der Waals surface area (Å²) >= 11 is 6.03. The molecule has 0 aliphatic carbocycles. The van der Waals surface area contributed by atoms with Crippen molar-refractivity contribution in [2.45, 2.75) is 6.61 Å². The van der Waals surface area contributed by atoms with Crippen molar-refractivity contribution in [3.05, 3.63) is 58.6 Å². The Bertz CT molecular complexity index is 812. The largest absolute Gasteiger partial charge is 0.478 e. The lowest BCUT2D eigenvalue weighted by molar-refractivity contribution is 0.0697. The summed E-state index contributed by atoms with van der Waals surface area (Å²) in [5.41, 5.74) is 1.85. The van der Waals surface area contributed by atoms with Crippen molar-refractivity contribution in [2.24, 2.45) is 0 Å². The van der Waals surface area contributed by atoms with Gasteiger partial charge in [-0.3, -0.25) is 0 Å². The van der Waals surface area contributed by atoms with Gasteiger partial charge in [-0.2, -0.15) is 4.98 Å². The first kappa shape index (κ1) is 13.5. The standard InChI is InChI=1S/C15H10ClNO4/c16-11-4-2-1-3-10(11)8-20-15-17-12-6-5-9(14(18)19)7-13(12)21-15/h1-7H,8H2,(H,18,19). The predicted molar refractivity (Wildman–Crippen MR) is 76.8 cm³/mol.